The van der Waals surface area contributed by atoms with Gasteiger partial charge in [-0.2, -0.15) is 0 Å². The highest BCUT2D eigenvalue weighted by molar-refractivity contribution is 14.1. The maximum atomic E-state index is 11.8. The first-order chi connectivity index (χ1) is 7.90. The molecule has 0 radical (unpaired) electrons. The molecule has 1 aromatic rings. The summed E-state index contributed by atoms with van der Waals surface area (Å²) in [5.74, 6) is 0.258. The number of amides is 1. The van der Waals surface area contributed by atoms with E-state index in [1.54, 1.807) is 0 Å². The summed E-state index contributed by atoms with van der Waals surface area (Å²) in [6.07, 6.45) is 0.343. The first kappa shape index (κ1) is 14.9. The summed E-state index contributed by atoms with van der Waals surface area (Å²) in [6.45, 7) is 4.03. The van der Waals surface area contributed by atoms with Gasteiger partial charge in [0.2, 0.25) is 5.91 Å². The number of rotatable bonds is 4. The normalized spacial score (nSPS) is 12.6. The fourth-order valence-corrected chi connectivity index (χ4v) is 2.64. The van der Waals surface area contributed by atoms with Crippen molar-refractivity contribution in [1.82, 2.24) is 0 Å². The molecule has 17 heavy (non-hydrogen) atoms. The summed E-state index contributed by atoms with van der Waals surface area (Å²) in [7, 11) is 0. The summed E-state index contributed by atoms with van der Waals surface area (Å²) < 4.78 is 2.00. The second-order valence-electron chi connectivity index (χ2n) is 4.28. The van der Waals surface area contributed by atoms with Crippen LogP contribution in [0.4, 0.5) is 5.69 Å². The largest absolute Gasteiger partial charge is 0.327 e. The fourth-order valence-electron chi connectivity index (χ4n) is 1.24. The molecule has 0 spiro atoms. The maximum Gasteiger partial charge on any atom is 0.225 e. The monoisotopic (exact) mass is 410 g/mol. The Labute approximate surface area is 124 Å². The molecule has 0 fully saturated rings. The average molecular weight is 411 g/mol. The molecule has 1 atom stereocenters. The molecule has 5 heteroatoms. The van der Waals surface area contributed by atoms with E-state index in [0.29, 0.717) is 12.3 Å². The molecule has 0 aliphatic rings. The van der Waals surface area contributed by atoms with E-state index >= 15 is 0 Å². The van der Waals surface area contributed by atoms with Gasteiger partial charge in [-0.15, -0.1) is 0 Å². The van der Waals surface area contributed by atoms with Crippen LogP contribution in [-0.4, -0.2) is 11.9 Å². The van der Waals surface area contributed by atoms with Crippen molar-refractivity contribution in [2.24, 2.45) is 11.7 Å². The highest BCUT2D eigenvalue weighted by Gasteiger charge is 2.13. The molecule has 1 unspecified atom stereocenters. The highest BCUT2D eigenvalue weighted by atomic mass is 127. The first-order valence-electron chi connectivity index (χ1n) is 5.40. The molecule has 1 amide bonds. The Morgan fingerprint density at radius 3 is 2.71 bits per heavy atom. The summed E-state index contributed by atoms with van der Waals surface area (Å²) in [5, 5.41) is 2.85. The van der Waals surface area contributed by atoms with E-state index in [2.05, 4.69) is 43.8 Å². The number of anilines is 1. The summed E-state index contributed by atoms with van der Waals surface area (Å²) >= 11 is 5.64. The Balaban J connectivity index is 2.62. The summed E-state index contributed by atoms with van der Waals surface area (Å²) in [4.78, 5) is 11.8. The standard InChI is InChI=1S/C12H16BrIN2O/c1-7(2)10(15)6-12(17)16-11-4-3-8(14)5-9(11)13/h3-5,7,10H,6,15H2,1-2H3,(H,16,17). The van der Waals surface area contributed by atoms with Crippen molar-refractivity contribution < 1.29 is 4.79 Å². The number of halogens is 2. The minimum atomic E-state index is -0.0994. The van der Waals surface area contributed by atoms with Gasteiger partial charge in [-0.3, -0.25) is 4.79 Å². The smallest absolute Gasteiger partial charge is 0.225 e. The maximum absolute atomic E-state index is 11.8. The van der Waals surface area contributed by atoms with E-state index in [1.807, 2.05) is 32.0 Å². The Morgan fingerprint density at radius 2 is 2.18 bits per heavy atom. The van der Waals surface area contributed by atoms with Crippen LogP contribution in [0.2, 0.25) is 0 Å². The molecule has 1 aromatic carbocycles. The molecule has 0 saturated heterocycles. The summed E-state index contributed by atoms with van der Waals surface area (Å²) in [6, 6.07) is 5.68. The minimum absolute atomic E-state index is 0.0480. The van der Waals surface area contributed by atoms with E-state index < -0.39 is 0 Å². The number of nitrogens with one attached hydrogen (secondary N) is 1. The van der Waals surface area contributed by atoms with Crippen LogP contribution in [0.1, 0.15) is 20.3 Å². The van der Waals surface area contributed by atoms with E-state index in [4.69, 9.17) is 5.73 Å². The third-order valence-electron chi connectivity index (χ3n) is 2.48. The number of carbonyl (C=O) groups is 1. The third-order valence-corrected chi connectivity index (χ3v) is 3.81. The average Bonchev–Trinajstić information content (AvgIpc) is 2.22. The van der Waals surface area contributed by atoms with Crippen LogP contribution in [0.5, 0.6) is 0 Å². The fraction of sp³-hybridized carbons (Fsp3) is 0.417. The Morgan fingerprint density at radius 1 is 1.53 bits per heavy atom. The lowest BCUT2D eigenvalue weighted by atomic mass is 10.0. The quantitative estimate of drug-likeness (QED) is 0.747. The van der Waals surface area contributed by atoms with Crippen LogP contribution < -0.4 is 11.1 Å². The number of hydrogen-bond acceptors (Lipinski definition) is 2. The van der Waals surface area contributed by atoms with Crippen molar-refractivity contribution in [2.45, 2.75) is 26.3 Å². The van der Waals surface area contributed by atoms with E-state index in [1.165, 1.54) is 0 Å². The number of carbonyl (C=O) groups excluding carboxylic acids is 1. The van der Waals surface area contributed by atoms with Gasteiger partial charge in [-0.1, -0.05) is 13.8 Å². The highest BCUT2D eigenvalue weighted by Crippen LogP contribution is 2.24. The minimum Gasteiger partial charge on any atom is -0.327 e. The van der Waals surface area contributed by atoms with Crippen LogP contribution in [0.3, 0.4) is 0 Å². The molecule has 0 aliphatic heterocycles. The van der Waals surface area contributed by atoms with Gasteiger partial charge < -0.3 is 11.1 Å². The Kier molecular flexibility index (Phi) is 5.88. The zero-order chi connectivity index (χ0) is 13.0. The Hall–Kier alpha value is -0.140. The van der Waals surface area contributed by atoms with Crippen molar-refractivity contribution in [2.75, 3.05) is 5.32 Å². The number of nitrogens with two attached hydrogens (primary N) is 1. The lowest BCUT2D eigenvalue weighted by Crippen LogP contribution is -2.31. The molecular formula is C12H16BrIN2O. The van der Waals surface area contributed by atoms with Gasteiger partial charge in [0.1, 0.15) is 0 Å². The number of hydrogen-bond donors (Lipinski definition) is 2. The molecule has 0 bridgehead atoms. The molecule has 94 valence electrons. The zero-order valence-corrected chi connectivity index (χ0v) is 13.6. The van der Waals surface area contributed by atoms with Crippen LogP contribution in [0.15, 0.2) is 22.7 Å². The Bertz CT molecular complexity index is 409. The van der Waals surface area contributed by atoms with Gasteiger partial charge in [-0.25, -0.2) is 0 Å². The van der Waals surface area contributed by atoms with Crippen LogP contribution in [0, 0.1) is 9.49 Å². The lowest BCUT2D eigenvalue weighted by molar-refractivity contribution is -0.116. The van der Waals surface area contributed by atoms with Crippen LogP contribution in [0.25, 0.3) is 0 Å². The molecule has 0 saturated carbocycles. The second kappa shape index (κ2) is 6.70. The van der Waals surface area contributed by atoms with Crippen molar-refractivity contribution in [3.63, 3.8) is 0 Å². The van der Waals surface area contributed by atoms with Gasteiger partial charge >= 0.3 is 0 Å². The third kappa shape index (κ3) is 4.93. The predicted molar refractivity (Wildman–Crippen MR) is 82.9 cm³/mol. The SMILES string of the molecule is CC(C)C(N)CC(=O)Nc1ccc(I)cc1Br. The van der Waals surface area contributed by atoms with Gasteiger partial charge in [0, 0.05) is 20.5 Å². The lowest BCUT2D eigenvalue weighted by Gasteiger charge is -2.15. The number of benzene rings is 1. The van der Waals surface area contributed by atoms with Crippen molar-refractivity contribution in [3.05, 3.63) is 26.2 Å². The molecule has 3 N–H and O–H groups in total. The molecule has 1 rings (SSSR count). The van der Waals surface area contributed by atoms with Crippen LogP contribution >= 0.6 is 38.5 Å². The predicted octanol–water partition coefficient (Wildman–Crippen LogP) is 3.37. The molecule has 0 aromatic heterocycles. The van der Waals surface area contributed by atoms with E-state index in [0.717, 1.165) is 13.7 Å². The molecule has 3 nitrogen and oxygen atoms in total. The molecule has 0 aliphatic carbocycles. The zero-order valence-electron chi connectivity index (χ0n) is 9.84. The molecular weight excluding hydrogens is 395 g/mol. The van der Waals surface area contributed by atoms with Gasteiger partial charge in [0.25, 0.3) is 0 Å². The molecule has 0 heterocycles. The van der Waals surface area contributed by atoms with Crippen molar-refractivity contribution >= 4 is 50.1 Å². The second-order valence-corrected chi connectivity index (χ2v) is 6.38. The van der Waals surface area contributed by atoms with Crippen molar-refractivity contribution in [3.8, 4) is 0 Å². The topological polar surface area (TPSA) is 55.1 Å². The van der Waals surface area contributed by atoms with Crippen molar-refractivity contribution in [1.29, 1.82) is 0 Å². The summed E-state index contributed by atoms with van der Waals surface area (Å²) in [5.41, 5.74) is 6.64. The van der Waals surface area contributed by atoms with Gasteiger partial charge in [0.05, 0.1) is 5.69 Å². The van der Waals surface area contributed by atoms with Crippen LogP contribution in [-0.2, 0) is 4.79 Å². The first-order valence-corrected chi connectivity index (χ1v) is 7.28. The van der Waals surface area contributed by atoms with Gasteiger partial charge in [-0.05, 0) is 62.6 Å². The van der Waals surface area contributed by atoms with Gasteiger partial charge in [0.15, 0.2) is 0 Å². The van der Waals surface area contributed by atoms with E-state index in [-0.39, 0.29) is 11.9 Å². The van der Waals surface area contributed by atoms with E-state index in [9.17, 15) is 4.79 Å².